The molecule has 1 amide bonds. The average molecular weight is 478 g/mol. The largest absolute Gasteiger partial charge is 0.452 e. The lowest BCUT2D eigenvalue weighted by atomic mass is 9.93. The predicted octanol–water partition coefficient (Wildman–Crippen LogP) is 2.90. The average Bonchev–Trinajstić information content (AvgIpc) is 3.44. The molecule has 1 aliphatic heterocycles. The van der Waals surface area contributed by atoms with Gasteiger partial charge in [0.1, 0.15) is 5.76 Å². The molecule has 9 nitrogen and oxygen atoms in total. The Morgan fingerprint density at radius 3 is 2.45 bits per heavy atom. The summed E-state index contributed by atoms with van der Waals surface area (Å²) in [5.41, 5.74) is 1.79. The third-order valence-corrected chi connectivity index (χ3v) is 8.43. The van der Waals surface area contributed by atoms with Crippen molar-refractivity contribution in [3.63, 3.8) is 0 Å². The van der Waals surface area contributed by atoms with Crippen molar-refractivity contribution in [2.24, 2.45) is 0 Å². The number of amides is 1. The van der Waals surface area contributed by atoms with Crippen LogP contribution in [-0.4, -0.2) is 65.1 Å². The van der Waals surface area contributed by atoms with Crippen LogP contribution in [0, 0.1) is 20.8 Å². The van der Waals surface area contributed by atoms with E-state index in [4.69, 9.17) is 9.26 Å². The Morgan fingerprint density at radius 2 is 1.85 bits per heavy atom. The van der Waals surface area contributed by atoms with Crippen molar-refractivity contribution in [3.8, 4) is 5.82 Å². The summed E-state index contributed by atoms with van der Waals surface area (Å²) in [4.78, 5) is 27.7. The first-order valence-electron chi connectivity index (χ1n) is 11.5. The molecule has 0 bridgehead atoms. The van der Waals surface area contributed by atoms with E-state index >= 15 is 0 Å². The van der Waals surface area contributed by atoms with Crippen LogP contribution in [0.15, 0.2) is 16.7 Å². The van der Waals surface area contributed by atoms with E-state index in [1.54, 1.807) is 35.4 Å². The van der Waals surface area contributed by atoms with Gasteiger partial charge in [-0.1, -0.05) is 24.4 Å². The fourth-order valence-electron chi connectivity index (χ4n) is 5.12. The van der Waals surface area contributed by atoms with Crippen LogP contribution in [0.4, 0.5) is 0 Å². The number of ether oxygens (including phenoxy) is 1. The molecule has 3 heterocycles. The maximum atomic E-state index is 13.2. The highest BCUT2D eigenvalue weighted by Crippen LogP contribution is 2.29. The molecule has 10 heteroatoms. The lowest BCUT2D eigenvalue weighted by molar-refractivity contribution is -0.140. The second-order valence-corrected chi connectivity index (χ2v) is 11.4. The SMILES string of the molecule is Cc1cc(-n2c(C)cc(C(=O)OCC(=O)N(C3CCCCC3)[C@H]3CCS(=O)(=O)C3)c2C)no1. The number of carbonyl (C=O) groups excluding carboxylic acids is 2. The predicted molar refractivity (Wildman–Crippen MR) is 121 cm³/mol. The van der Waals surface area contributed by atoms with Gasteiger partial charge in [-0.15, -0.1) is 0 Å². The summed E-state index contributed by atoms with van der Waals surface area (Å²) in [6.07, 6.45) is 5.30. The Labute approximate surface area is 194 Å². The fraction of sp³-hybridized carbons (Fsp3) is 0.609. The summed E-state index contributed by atoms with van der Waals surface area (Å²) in [7, 11) is -3.14. The summed E-state index contributed by atoms with van der Waals surface area (Å²) >= 11 is 0. The van der Waals surface area contributed by atoms with Crippen LogP contribution in [0.5, 0.6) is 0 Å². The van der Waals surface area contributed by atoms with Crippen molar-refractivity contribution in [2.45, 2.75) is 71.4 Å². The van der Waals surface area contributed by atoms with Gasteiger partial charge in [0.15, 0.2) is 22.3 Å². The normalized spacial score (nSPS) is 20.6. The van der Waals surface area contributed by atoms with Gasteiger partial charge in [-0.25, -0.2) is 13.2 Å². The van der Waals surface area contributed by atoms with Gasteiger partial charge in [0.2, 0.25) is 0 Å². The van der Waals surface area contributed by atoms with E-state index in [9.17, 15) is 18.0 Å². The maximum Gasteiger partial charge on any atom is 0.340 e. The van der Waals surface area contributed by atoms with Crippen LogP contribution in [-0.2, 0) is 19.4 Å². The Balaban J connectivity index is 1.48. The minimum absolute atomic E-state index is 0.00345. The molecule has 0 aromatic carbocycles. The Kier molecular flexibility index (Phi) is 6.65. The topological polar surface area (TPSA) is 112 Å². The number of aromatic nitrogens is 2. The zero-order valence-electron chi connectivity index (χ0n) is 19.4. The maximum absolute atomic E-state index is 13.2. The number of hydrogen-bond donors (Lipinski definition) is 0. The number of rotatable bonds is 6. The molecule has 180 valence electrons. The van der Waals surface area contributed by atoms with Crippen LogP contribution in [0.3, 0.4) is 0 Å². The first-order valence-corrected chi connectivity index (χ1v) is 13.3. The summed E-state index contributed by atoms with van der Waals surface area (Å²) in [5, 5.41) is 4.01. The van der Waals surface area contributed by atoms with Crippen LogP contribution >= 0.6 is 0 Å². The van der Waals surface area contributed by atoms with Gasteiger partial charge in [-0.2, -0.15) is 0 Å². The Morgan fingerprint density at radius 1 is 1.12 bits per heavy atom. The van der Waals surface area contributed by atoms with E-state index < -0.39 is 22.4 Å². The van der Waals surface area contributed by atoms with Crippen molar-refractivity contribution < 1.29 is 27.3 Å². The summed E-state index contributed by atoms with van der Waals surface area (Å²) in [6, 6.07) is 3.14. The molecule has 2 aromatic rings. The molecule has 2 fully saturated rings. The molecule has 0 radical (unpaired) electrons. The quantitative estimate of drug-likeness (QED) is 0.588. The van der Waals surface area contributed by atoms with Gasteiger partial charge >= 0.3 is 5.97 Å². The highest BCUT2D eigenvalue weighted by Gasteiger charge is 2.38. The first kappa shape index (κ1) is 23.5. The zero-order valence-corrected chi connectivity index (χ0v) is 20.2. The van der Waals surface area contributed by atoms with Crippen molar-refractivity contribution in [3.05, 3.63) is 34.8 Å². The zero-order chi connectivity index (χ0) is 23.8. The minimum atomic E-state index is -3.14. The summed E-state index contributed by atoms with van der Waals surface area (Å²) < 4.78 is 36.5. The van der Waals surface area contributed by atoms with Crippen LogP contribution < -0.4 is 0 Å². The number of carbonyl (C=O) groups is 2. The smallest absolute Gasteiger partial charge is 0.340 e. The molecule has 33 heavy (non-hydrogen) atoms. The second-order valence-electron chi connectivity index (χ2n) is 9.14. The number of nitrogens with zero attached hydrogens (tertiary/aromatic N) is 3. The molecule has 2 aromatic heterocycles. The molecule has 2 aliphatic rings. The molecule has 4 rings (SSSR count). The number of hydrogen-bond acceptors (Lipinski definition) is 7. The molecule has 1 saturated heterocycles. The molecular formula is C23H31N3O6S. The molecule has 1 aliphatic carbocycles. The number of esters is 1. The van der Waals surface area contributed by atoms with Crippen molar-refractivity contribution in [2.75, 3.05) is 18.1 Å². The van der Waals surface area contributed by atoms with Crippen molar-refractivity contribution in [1.29, 1.82) is 0 Å². The minimum Gasteiger partial charge on any atom is -0.452 e. The summed E-state index contributed by atoms with van der Waals surface area (Å²) in [6.45, 7) is 5.02. The Bertz CT molecular complexity index is 1140. The van der Waals surface area contributed by atoms with E-state index in [-0.39, 0.29) is 29.5 Å². The van der Waals surface area contributed by atoms with Gasteiger partial charge in [0, 0.05) is 29.5 Å². The molecule has 0 spiro atoms. The lowest BCUT2D eigenvalue weighted by Gasteiger charge is -2.38. The van der Waals surface area contributed by atoms with E-state index in [1.807, 2.05) is 6.92 Å². The van der Waals surface area contributed by atoms with Crippen molar-refractivity contribution in [1.82, 2.24) is 14.6 Å². The van der Waals surface area contributed by atoms with Gasteiger partial charge in [-0.05, 0) is 46.1 Å². The van der Waals surface area contributed by atoms with E-state index in [0.717, 1.165) is 37.8 Å². The molecule has 1 saturated carbocycles. The van der Waals surface area contributed by atoms with Crippen LogP contribution in [0.1, 0.15) is 66.0 Å². The molecule has 0 unspecified atom stereocenters. The summed E-state index contributed by atoms with van der Waals surface area (Å²) in [5.74, 6) is 0.402. The first-order chi connectivity index (χ1) is 15.7. The van der Waals surface area contributed by atoms with Gasteiger partial charge in [0.25, 0.3) is 5.91 Å². The van der Waals surface area contributed by atoms with Gasteiger partial charge in [0.05, 0.1) is 17.1 Å². The molecular weight excluding hydrogens is 446 g/mol. The van der Waals surface area contributed by atoms with Crippen molar-refractivity contribution >= 4 is 21.7 Å². The second kappa shape index (κ2) is 9.32. The van der Waals surface area contributed by atoms with E-state index in [0.29, 0.717) is 29.3 Å². The third kappa shape index (κ3) is 5.00. The van der Waals surface area contributed by atoms with Crippen LogP contribution in [0.25, 0.3) is 5.82 Å². The lowest BCUT2D eigenvalue weighted by Crippen LogP contribution is -2.50. The van der Waals surface area contributed by atoms with E-state index in [2.05, 4.69) is 5.16 Å². The third-order valence-electron chi connectivity index (χ3n) is 6.68. The molecule has 1 atom stereocenters. The van der Waals surface area contributed by atoms with Gasteiger partial charge < -0.3 is 14.2 Å². The number of aryl methyl sites for hydroxylation is 2. The van der Waals surface area contributed by atoms with E-state index in [1.165, 1.54) is 0 Å². The highest BCUT2D eigenvalue weighted by molar-refractivity contribution is 7.91. The standard InChI is InChI=1S/C23H31N3O6S/c1-15-11-20(17(3)25(15)21-12-16(2)32-24-21)23(28)31-13-22(27)26(18-7-5-4-6-8-18)19-9-10-33(29,30)14-19/h11-12,18-19H,4-10,13-14H2,1-3H3/t19-/m0/s1. The monoisotopic (exact) mass is 477 g/mol. The Hall–Kier alpha value is -2.62. The van der Waals surface area contributed by atoms with Crippen LogP contribution in [0.2, 0.25) is 0 Å². The number of sulfone groups is 1. The molecule has 0 N–H and O–H groups in total. The fourth-order valence-corrected chi connectivity index (χ4v) is 6.83. The highest BCUT2D eigenvalue weighted by atomic mass is 32.2. The van der Waals surface area contributed by atoms with Gasteiger partial charge in [-0.3, -0.25) is 9.36 Å².